The molecule has 1 aliphatic carbocycles. The zero-order chi connectivity index (χ0) is 17.8. The highest BCUT2D eigenvalue weighted by atomic mass is 16.5. The van der Waals surface area contributed by atoms with Gasteiger partial charge in [0.25, 0.3) is 0 Å². The predicted molar refractivity (Wildman–Crippen MR) is 90.3 cm³/mol. The average Bonchev–Trinajstić information content (AvgIpc) is 2.93. The Bertz CT molecular complexity index is 771. The van der Waals surface area contributed by atoms with Gasteiger partial charge >= 0.3 is 12.1 Å². The van der Waals surface area contributed by atoms with E-state index in [0.717, 1.165) is 22.3 Å². The normalized spacial score (nSPS) is 13.4. The monoisotopic (exact) mass is 339 g/mol. The first-order chi connectivity index (χ1) is 12.1. The summed E-state index contributed by atoms with van der Waals surface area (Å²) in [6.45, 7) is 0.110. The third-order valence-electron chi connectivity index (χ3n) is 4.21. The highest BCUT2D eigenvalue weighted by Crippen LogP contribution is 2.44. The first-order valence-corrected chi connectivity index (χ1v) is 7.88. The second kappa shape index (κ2) is 7.17. The zero-order valence-electron chi connectivity index (χ0n) is 13.3. The van der Waals surface area contributed by atoms with Crippen LogP contribution in [0, 0.1) is 0 Å². The van der Waals surface area contributed by atoms with Crippen molar-refractivity contribution in [2.75, 3.05) is 6.61 Å². The molecule has 1 unspecified atom stereocenters. The first kappa shape index (κ1) is 16.7. The minimum atomic E-state index is -1.17. The molecule has 1 aliphatic rings. The van der Waals surface area contributed by atoms with E-state index in [1.807, 2.05) is 48.5 Å². The molecule has 6 nitrogen and oxygen atoms in total. The van der Waals surface area contributed by atoms with Gasteiger partial charge < -0.3 is 20.0 Å². The molecule has 2 aromatic carbocycles. The lowest BCUT2D eigenvalue weighted by Gasteiger charge is -2.16. The Hall–Kier alpha value is -3.15. The van der Waals surface area contributed by atoms with E-state index in [0.29, 0.717) is 6.29 Å². The number of rotatable bonds is 6. The van der Waals surface area contributed by atoms with Crippen molar-refractivity contribution < 1.29 is 24.2 Å². The Morgan fingerprint density at radius 3 is 2.16 bits per heavy atom. The molecule has 0 aliphatic heterocycles. The molecule has 3 rings (SSSR count). The van der Waals surface area contributed by atoms with Crippen LogP contribution in [0.15, 0.2) is 48.5 Å². The number of hydrogen-bond donors (Lipinski definition) is 2. The summed E-state index contributed by atoms with van der Waals surface area (Å²) >= 11 is 0. The topological polar surface area (TPSA) is 92.7 Å². The van der Waals surface area contributed by atoms with Gasteiger partial charge in [-0.15, -0.1) is 0 Å². The van der Waals surface area contributed by atoms with E-state index in [4.69, 9.17) is 9.84 Å². The van der Waals surface area contributed by atoms with Crippen LogP contribution in [0.3, 0.4) is 0 Å². The number of carbonyl (C=O) groups is 3. The summed E-state index contributed by atoms with van der Waals surface area (Å²) in [5.74, 6) is -1.26. The van der Waals surface area contributed by atoms with Crippen LogP contribution in [-0.4, -0.2) is 36.1 Å². The molecular formula is C19H17NO5. The lowest BCUT2D eigenvalue weighted by atomic mass is 9.98. The summed E-state index contributed by atoms with van der Waals surface area (Å²) < 4.78 is 5.25. The summed E-state index contributed by atoms with van der Waals surface area (Å²) in [6.07, 6.45) is -0.899. The SMILES string of the molecule is O=CC(CC(=O)O)NC(=O)OCC1c2ccccc2-c2ccccc21. The van der Waals surface area contributed by atoms with Gasteiger partial charge in [-0.3, -0.25) is 4.79 Å². The van der Waals surface area contributed by atoms with Crippen LogP contribution in [0.2, 0.25) is 0 Å². The highest BCUT2D eigenvalue weighted by molar-refractivity contribution is 5.80. The van der Waals surface area contributed by atoms with Gasteiger partial charge in [0.1, 0.15) is 12.9 Å². The summed E-state index contributed by atoms with van der Waals surface area (Å²) in [6, 6.07) is 14.8. The lowest BCUT2D eigenvalue weighted by molar-refractivity contribution is -0.138. The Balaban J connectivity index is 1.70. The number of carbonyl (C=O) groups excluding carboxylic acids is 2. The van der Waals surface area contributed by atoms with E-state index in [1.165, 1.54) is 0 Å². The fraction of sp³-hybridized carbons (Fsp3) is 0.211. The van der Waals surface area contributed by atoms with Crippen LogP contribution in [0.4, 0.5) is 4.79 Å². The van der Waals surface area contributed by atoms with Gasteiger partial charge in [0, 0.05) is 5.92 Å². The van der Waals surface area contributed by atoms with Crippen molar-refractivity contribution in [3.05, 3.63) is 59.7 Å². The van der Waals surface area contributed by atoms with Gasteiger partial charge in [0.2, 0.25) is 0 Å². The molecule has 0 fully saturated rings. The summed E-state index contributed by atoms with van der Waals surface area (Å²) in [4.78, 5) is 33.4. The number of aliphatic carboxylic acids is 1. The van der Waals surface area contributed by atoms with Gasteiger partial charge in [0.05, 0.1) is 12.5 Å². The predicted octanol–water partition coefficient (Wildman–Crippen LogP) is 2.57. The summed E-state index contributed by atoms with van der Waals surface area (Å²) in [5, 5.41) is 11.0. The van der Waals surface area contributed by atoms with Crippen LogP contribution < -0.4 is 5.32 Å². The molecule has 1 atom stereocenters. The number of benzene rings is 2. The maximum absolute atomic E-state index is 11.9. The quantitative estimate of drug-likeness (QED) is 0.789. The Kier molecular flexibility index (Phi) is 4.79. The van der Waals surface area contributed by atoms with E-state index >= 15 is 0 Å². The second-order valence-corrected chi connectivity index (χ2v) is 5.81. The van der Waals surface area contributed by atoms with Crippen molar-refractivity contribution in [1.82, 2.24) is 5.32 Å². The van der Waals surface area contributed by atoms with Crippen molar-refractivity contribution in [2.24, 2.45) is 0 Å². The Labute approximate surface area is 144 Å². The van der Waals surface area contributed by atoms with E-state index < -0.39 is 24.5 Å². The Morgan fingerprint density at radius 2 is 1.64 bits per heavy atom. The lowest BCUT2D eigenvalue weighted by Crippen LogP contribution is -2.38. The molecule has 0 spiro atoms. The van der Waals surface area contributed by atoms with Crippen LogP contribution in [0.25, 0.3) is 11.1 Å². The summed E-state index contributed by atoms with van der Waals surface area (Å²) in [5.41, 5.74) is 4.38. The number of nitrogens with one attached hydrogen (secondary N) is 1. The molecule has 0 radical (unpaired) electrons. The zero-order valence-corrected chi connectivity index (χ0v) is 13.3. The van der Waals surface area contributed by atoms with Crippen molar-refractivity contribution in [1.29, 1.82) is 0 Å². The molecule has 2 N–H and O–H groups in total. The van der Waals surface area contributed by atoms with Crippen molar-refractivity contribution >= 4 is 18.3 Å². The first-order valence-electron chi connectivity index (χ1n) is 7.88. The smallest absolute Gasteiger partial charge is 0.407 e. The van der Waals surface area contributed by atoms with Crippen molar-refractivity contribution in [2.45, 2.75) is 18.4 Å². The molecular weight excluding hydrogens is 322 g/mol. The third-order valence-corrected chi connectivity index (χ3v) is 4.21. The largest absolute Gasteiger partial charge is 0.481 e. The molecule has 0 bridgehead atoms. The molecule has 2 aromatic rings. The summed E-state index contributed by atoms with van der Waals surface area (Å²) in [7, 11) is 0. The molecule has 0 aromatic heterocycles. The van der Waals surface area contributed by atoms with Crippen LogP contribution >= 0.6 is 0 Å². The highest BCUT2D eigenvalue weighted by Gasteiger charge is 2.29. The Morgan fingerprint density at radius 1 is 1.08 bits per heavy atom. The number of alkyl carbamates (subject to hydrolysis) is 1. The van der Waals surface area contributed by atoms with E-state index in [2.05, 4.69) is 5.32 Å². The molecule has 25 heavy (non-hydrogen) atoms. The number of hydrogen-bond acceptors (Lipinski definition) is 4. The van der Waals surface area contributed by atoms with Crippen LogP contribution in [-0.2, 0) is 14.3 Å². The third kappa shape index (κ3) is 3.52. The number of carboxylic acid groups (broad SMARTS) is 1. The number of ether oxygens (including phenoxy) is 1. The number of fused-ring (bicyclic) bond motifs is 3. The van der Waals surface area contributed by atoms with E-state index in [9.17, 15) is 14.4 Å². The second-order valence-electron chi connectivity index (χ2n) is 5.81. The molecule has 1 amide bonds. The van der Waals surface area contributed by atoms with E-state index in [1.54, 1.807) is 0 Å². The van der Waals surface area contributed by atoms with Crippen LogP contribution in [0.5, 0.6) is 0 Å². The average molecular weight is 339 g/mol. The minimum absolute atomic E-state index is 0.0905. The van der Waals surface area contributed by atoms with Gasteiger partial charge in [-0.2, -0.15) is 0 Å². The number of aldehydes is 1. The van der Waals surface area contributed by atoms with Crippen molar-refractivity contribution in [3.8, 4) is 11.1 Å². The minimum Gasteiger partial charge on any atom is -0.481 e. The number of amides is 1. The van der Waals surface area contributed by atoms with Gasteiger partial charge in [-0.1, -0.05) is 48.5 Å². The fourth-order valence-corrected chi connectivity index (χ4v) is 3.11. The standard InChI is InChI=1S/C19H17NO5/c21-10-12(9-18(22)23)20-19(24)25-11-17-15-7-3-1-5-13(15)14-6-2-4-8-16(14)17/h1-8,10,12,17H,9,11H2,(H,20,24)(H,22,23). The van der Waals surface area contributed by atoms with E-state index in [-0.39, 0.29) is 12.5 Å². The fourth-order valence-electron chi connectivity index (χ4n) is 3.11. The van der Waals surface area contributed by atoms with Crippen molar-refractivity contribution in [3.63, 3.8) is 0 Å². The molecule has 128 valence electrons. The van der Waals surface area contributed by atoms with Gasteiger partial charge in [-0.25, -0.2) is 4.79 Å². The molecule has 0 saturated heterocycles. The van der Waals surface area contributed by atoms with Crippen LogP contribution in [0.1, 0.15) is 23.5 Å². The maximum Gasteiger partial charge on any atom is 0.407 e. The molecule has 0 heterocycles. The molecule has 0 saturated carbocycles. The number of carboxylic acids is 1. The van der Waals surface area contributed by atoms with Gasteiger partial charge in [0.15, 0.2) is 0 Å². The maximum atomic E-state index is 11.9. The molecule has 6 heteroatoms. The van der Waals surface area contributed by atoms with Gasteiger partial charge in [-0.05, 0) is 22.3 Å².